The normalized spacial score (nSPS) is 29.7. The fraction of sp³-hybridized carbons (Fsp3) is 0.500. The van der Waals surface area contributed by atoms with Crippen LogP contribution in [-0.4, -0.2) is 58.7 Å². The predicted molar refractivity (Wildman–Crippen MR) is 94.1 cm³/mol. The predicted octanol–water partition coefficient (Wildman–Crippen LogP) is 1.35. The van der Waals surface area contributed by atoms with Crippen molar-refractivity contribution in [2.45, 2.75) is 42.7 Å². The van der Waals surface area contributed by atoms with Gasteiger partial charge < -0.3 is 19.1 Å². The third-order valence-electron chi connectivity index (χ3n) is 4.54. The van der Waals surface area contributed by atoms with Gasteiger partial charge >= 0.3 is 11.9 Å². The number of thioether (sulfide) groups is 1. The molecule has 2 saturated heterocycles. The van der Waals surface area contributed by atoms with Crippen molar-refractivity contribution in [2.75, 3.05) is 13.7 Å². The minimum absolute atomic E-state index is 0.00875. The van der Waals surface area contributed by atoms with Crippen molar-refractivity contribution in [3.8, 4) is 0 Å². The molecule has 1 amide bonds. The maximum absolute atomic E-state index is 12.8. The summed E-state index contributed by atoms with van der Waals surface area (Å²) >= 11 is 1.40. The number of amides is 1. The molecule has 0 spiro atoms. The summed E-state index contributed by atoms with van der Waals surface area (Å²) in [5.41, 5.74) is 0.856. The minimum atomic E-state index is -0.834. The van der Waals surface area contributed by atoms with Crippen LogP contribution < -0.4 is 0 Å². The van der Waals surface area contributed by atoms with E-state index in [1.165, 1.54) is 30.7 Å². The minimum Gasteiger partial charge on any atom is -0.464 e. The lowest BCUT2D eigenvalue weighted by Crippen LogP contribution is -2.66. The van der Waals surface area contributed by atoms with Crippen molar-refractivity contribution in [1.82, 2.24) is 4.90 Å². The van der Waals surface area contributed by atoms with Gasteiger partial charge in [0.05, 0.1) is 4.75 Å². The van der Waals surface area contributed by atoms with Crippen molar-refractivity contribution in [3.05, 3.63) is 35.9 Å². The first-order chi connectivity index (χ1) is 12.4. The molecule has 140 valence electrons. The van der Waals surface area contributed by atoms with Crippen LogP contribution >= 0.6 is 11.8 Å². The lowest BCUT2D eigenvalue weighted by molar-refractivity contribution is -0.176. The molecule has 2 heterocycles. The monoisotopic (exact) mass is 379 g/mol. The standard InChI is InChI=1S/C18H21NO6S/c1-11(20)25-10-18(2)14(19-15(21)13(23-3)16(19)26-18)17(22)24-9-12-7-5-4-6-8-12/h4-8,13-14,16H,9-10H2,1-3H3. The molecule has 0 aliphatic carbocycles. The van der Waals surface area contributed by atoms with E-state index in [1.807, 2.05) is 30.3 Å². The molecule has 26 heavy (non-hydrogen) atoms. The quantitative estimate of drug-likeness (QED) is 0.545. The Morgan fingerprint density at radius 2 is 1.92 bits per heavy atom. The van der Waals surface area contributed by atoms with Crippen molar-refractivity contribution in [3.63, 3.8) is 0 Å². The van der Waals surface area contributed by atoms with Crippen LogP contribution in [0.5, 0.6) is 0 Å². The van der Waals surface area contributed by atoms with Gasteiger partial charge in [-0.2, -0.15) is 0 Å². The number of rotatable bonds is 6. The van der Waals surface area contributed by atoms with E-state index in [4.69, 9.17) is 14.2 Å². The summed E-state index contributed by atoms with van der Waals surface area (Å²) in [6.45, 7) is 3.23. The Balaban J connectivity index is 1.76. The van der Waals surface area contributed by atoms with Crippen LogP contribution in [0.3, 0.4) is 0 Å². The number of β-lactam (4-membered cyclic amide) rings is 1. The van der Waals surface area contributed by atoms with Crippen molar-refractivity contribution >= 4 is 29.6 Å². The molecule has 2 fully saturated rings. The number of carbonyl (C=O) groups is 3. The van der Waals surface area contributed by atoms with Crippen LogP contribution in [0.2, 0.25) is 0 Å². The molecule has 8 heteroatoms. The SMILES string of the molecule is COC1C(=O)N2C1SC(C)(COC(C)=O)C2C(=O)OCc1ccccc1. The van der Waals surface area contributed by atoms with Crippen molar-refractivity contribution in [2.24, 2.45) is 0 Å². The number of carbonyl (C=O) groups excluding carboxylic acids is 3. The molecule has 0 saturated carbocycles. The van der Waals surface area contributed by atoms with Gasteiger partial charge in [0.2, 0.25) is 0 Å². The number of fused-ring (bicyclic) bond motifs is 1. The van der Waals surface area contributed by atoms with Crippen LogP contribution in [0.1, 0.15) is 19.4 Å². The third kappa shape index (κ3) is 3.31. The maximum Gasteiger partial charge on any atom is 0.330 e. The van der Waals surface area contributed by atoms with Gasteiger partial charge in [-0.15, -0.1) is 11.8 Å². The second-order valence-corrected chi connectivity index (χ2v) is 8.15. The summed E-state index contributed by atoms with van der Waals surface area (Å²) in [7, 11) is 1.46. The number of hydrogen-bond donors (Lipinski definition) is 0. The van der Waals surface area contributed by atoms with Crippen LogP contribution in [0.4, 0.5) is 0 Å². The molecule has 7 nitrogen and oxygen atoms in total. The summed E-state index contributed by atoms with van der Waals surface area (Å²) in [6, 6.07) is 8.47. The van der Waals surface area contributed by atoms with Crippen LogP contribution in [0, 0.1) is 0 Å². The first kappa shape index (κ1) is 18.7. The third-order valence-corrected chi connectivity index (χ3v) is 6.14. The average molecular weight is 379 g/mol. The Morgan fingerprint density at radius 3 is 2.54 bits per heavy atom. The van der Waals surface area contributed by atoms with Crippen molar-refractivity contribution < 1.29 is 28.6 Å². The Hall–Kier alpha value is -2.06. The highest BCUT2D eigenvalue weighted by molar-refractivity contribution is 8.01. The molecule has 3 rings (SSSR count). The van der Waals surface area contributed by atoms with Gasteiger partial charge in [-0.05, 0) is 12.5 Å². The lowest BCUT2D eigenvalue weighted by Gasteiger charge is -2.42. The van der Waals surface area contributed by atoms with E-state index >= 15 is 0 Å². The first-order valence-electron chi connectivity index (χ1n) is 8.24. The molecule has 0 N–H and O–H groups in total. The second kappa shape index (κ2) is 7.28. The van der Waals surface area contributed by atoms with E-state index in [-0.39, 0.29) is 24.5 Å². The molecule has 0 radical (unpaired) electrons. The number of esters is 2. The van der Waals surface area contributed by atoms with E-state index in [1.54, 1.807) is 6.92 Å². The van der Waals surface area contributed by atoms with Crippen LogP contribution in [-0.2, 0) is 35.2 Å². The Kier molecular flexibility index (Phi) is 5.24. The number of benzene rings is 1. The smallest absolute Gasteiger partial charge is 0.330 e. The van der Waals surface area contributed by atoms with E-state index in [2.05, 4.69) is 0 Å². The van der Waals surface area contributed by atoms with Gasteiger partial charge in [0.1, 0.15) is 24.6 Å². The molecule has 1 aromatic rings. The van der Waals surface area contributed by atoms with E-state index < -0.39 is 28.8 Å². The van der Waals surface area contributed by atoms with Gasteiger partial charge in [-0.3, -0.25) is 9.59 Å². The van der Waals surface area contributed by atoms with Gasteiger partial charge in [-0.25, -0.2) is 4.79 Å². The molecule has 2 aliphatic heterocycles. The Labute approximate surface area is 156 Å². The van der Waals surface area contributed by atoms with Crippen LogP contribution in [0.15, 0.2) is 30.3 Å². The zero-order valence-corrected chi connectivity index (χ0v) is 15.7. The maximum atomic E-state index is 12.8. The highest BCUT2D eigenvalue weighted by Gasteiger charge is 2.66. The van der Waals surface area contributed by atoms with E-state index in [0.29, 0.717) is 0 Å². The lowest BCUT2D eigenvalue weighted by atomic mass is 9.96. The molecule has 0 bridgehead atoms. The fourth-order valence-corrected chi connectivity index (χ4v) is 4.94. The summed E-state index contributed by atoms with van der Waals surface area (Å²) in [6.07, 6.45) is -0.594. The highest BCUT2D eigenvalue weighted by atomic mass is 32.2. The summed E-state index contributed by atoms with van der Waals surface area (Å²) in [5.74, 6) is -1.20. The zero-order chi connectivity index (χ0) is 18.9. The molecule has 2 aliphatic rings. The summed E-state index contributed by atoms with van der Waals surface area (Å²) in [4.78, 5) is 37.9. The fourth-order valence-electron chi connectivity index (χ4n) is 3.23. The molecular weight excluding hydrogens is 358 g/mol. The Bertz CT molecular complexity index is 711. The highest BCUT2D eigenvalue weighted by Crippen LogP contribution is 2.52. The molecule has 0 aromatic heterocycles. The second-order valence-electron chi connectivity index (χ2n) is 6.50. The number of nitrogens with zero attached hydrogens (tertiary/aromatic N) is 1. The Morgan fingerprint density at radius 1 is 1.23 bits per heavy atom. The molecular formula is C18H21NO6S. The van der Waals surface area contributed by atoms with Gasteiger partial charge in [0.15, 0.2) is 6.10 Å². The van der Waals surface area contributed by atoms with Gasteiger partial charge in [0.25, 0.3) is 5.91 Å². The number of ether oxygens (including phenoxy) is 3. The van der Waals surface area contributed by atoms with Crippen molar-refractivity contribution in [1.29, 1.82) is 0 Å². The average Bonchev–Trinajstić information content (AvgIpc) is 2.89. The van der Waals surface area contributed by atoms with Gasteiger partial charge in [0, 0.05) is 14.0 Å². The first-order valence-corrected chi connectivity index (χ1v) is 9.12. The van der Waals surface area contributed by atoms with Gasteiger partial charge in [-0.1, -0.05) is 30.3 Å². The summed E-state index contributed by atoms with van der Waals surface area (Å²) < 4.78 is 15.0. The number of hydrogen-bond acceptors (Lipinski definition) is 7. The van der Waals surface area contributed by atoms with E-state index in [9.17, 15) is 14.4 Å². The topological polar surface area (TPSA) is 82.1 Å². The number of methoxy groups -OCH3 is 1. The summed E-state index contributed by atoms with van der Waals surface area (Å²) in [5, 5.41) is -0.290. The molecule has 4 atom stereocenters. The molecule has 1 aromatic carbocycles. The zero-order valence-electron chi connectivity index (χ0n) is 14.8. The van der Waals surface area contributed by atoms with E-state index in [0.717, 1.165) is 5.56 Å². The van der Waals surface area contributed by atoms with Crippen LogP contribution in [0.25, 0.3) is 0 Å². The largest absolute Gasteiger partial charge is 0.464 e. The molecule has 4 unspecified atom stereocenters.